The van der Waals surface area contributed by atoms with Crippen molar-refractivity contribution in [2.45, 2.75) is 0 Å². The van der Waals surface area contributed by atoms with E-state index in [0.29, 0.717) is 0 Å². The number of hydrogen-bond acceptors (Lipinski definition) is 7. The Morgan fingerprint density at radius 2 is 0.857 bits per heavy atom. The van der Waals surface area contributed by atoms with E-state index in [1.807, 2.05) is 0 Å². The van der Waals surface area contributed by atoms with E-state index in [4.69, 9.17) is 71.0 Å². The molecule has 0 aliphatic rings. The van der Waals surface area contributed by atoms with Gasteiger partial charge in [0.05, 0.1) is 27.7 Å². The topological polar surface area (TPSA) is 143 Å². The quantitative estimate of drug-likeness (QED) is 0.238. The van der Waals surface area contributed by atoms with Crippen LogP contribution in [0.1, 0.15) is 0 Å². The molecular weight excluding hydrogens is 525 g/mol. The molecule has 0 N–H and O–H groups in total. The third kappa shape index (κ3) is 719. The van der Waals surface area contributed by atoms with E-state index >= 15 is 0 Å². The average Bonchev–Trinajstić information content (AvgIpc) is 2.59. The Kier molecular flexibility index (Phi) is 313. The van der Waals surface area contributed by atoms with Gasteiger partial charge in [-0.05, 0) is 0 Å². The summed E-state index contributed by atoms with van der Waals surface area (Å²) in [6.07, 6.45) is 0. The van der Waals surface area contributed by atoms with Crippen LogP contribution in [0.4, 0.5) is 0 Å². The van der Waals surface area contributed by atoms with E-state index in [-0.39, 0.29) is 0 Å². The van der Waals surface area contributed by atoms with E-state index in [2.05, 4.69) is 45.2 Å². The standard InChI is InChI=1S/C5H13NS.6CN.Fe.Pb/c1-6(2,3)4-5-7;6*1-2;;/h4-5H2,1-3H3;;;;;;;;/q;6*-1;;/p+1. The SMILES string of the molecule is C[N+](C)(C)CCS.[C-]#N.[C-]#N.[C-]#N.[C-]#N.[C-]#N.[C-]#N.[Fe]=[Pb]. The van der Waals surface area contributed by atoms with Gasteiger partial charge in [-0.3, -0.25) is 0 Å². The molecule has 21 heavy (non-hydrogen) atoms. The van der Waals surface area contributed by atoms with Gasteiger partial charge in [-0.25, -0.2) is 0 Å². The molecule has 0 rings (SSSR count). The molecule has 10 heteroatoms. The first kappa shape index (κ1) is 50.3. The summed E-state index contributed by atoms with van der Waals surface area (Å²) in [6.45, 7) is 29.6. The molecule has 0 spiro atoms. The summed E-state index contributed by atoms with van der Waals surface area (Å²) in [5, 5.41) is 37.5. The van der Waals surface area contributed by atoms with Crippen molar-refractivity contribution < 1.29 is 16.0 Å². The molecule has 0 aromatic heterocycles. The average molecular weight is 539 g/mol. The fourth-order valence-electron chi connectivity index (χ4n) is 0.300. The Morgan fingerprint density at radius 1 is 0.714 bits per heavy atom. The van der Waals surface area contributed by atoms with Gasteiger partial charge in [-0.2, -0.15) is 12.6 Å². The van der Waals surface area contributed by atoms with Crippen LogP contribution < -0.4 is 0 Å². The van der Waals surface area contributed by atoms with Crippen molar-refractivity contribution in [3.8, 4) is 0 Å². The number of rotatable bonds is 2. The zero-order valence-corrected chi connectivity index (χ0v) is 17.7. The van der Waals surface area contributed by atoms with Crippen LogP contribution in [-0.2, 0) is 11.5 Å². The molecule has 0 saturated carbocycles. The van der Waals surface area contributed by atoms with Crippen LogP contribution in [0.15, 0.2) is 0 Å². The first-order valence-electron chi connectivity index (χ1n) is 3.99. The first-order chi connectivity index (χ1) is 10.1. The van der Waals surface area contributed by atoms with Gasteiger partial charge in [0.25, 0.3) is 0 Å². The molecule has 0 heterocycles. The molecule has 0 saturated heterocycles. The fourth-order valence-corrected chi connectivity index (χ4v) is 0.900. The minimum absolute atomic E-state index is 0.976. The summed E-state index contributed by atoms with van der Waals surface area (Å²) in [5.74, 6) is 0.976. The minimum atomic E-state index is 0.976. The third-order valence-electron chi connectivity index (χ3n) is 0.771. The molecular formula is C11H14FeN7PbS-5. The van der Waals surface area contributed by atoms with E-state index in [0.717, 1.165) is 39.5 Å². The van der Waals surface area contributed by atoms with Gasteiger partial charge in [0.2, 0.25) is 0 Å². The van der Waals surface area contributed by atoms with Crippen LogP contribution in [0.5, 0.6) is 0 Å². The van der Waals surface area contributed by atoms with Crippen molar-refractivity contribution in [3.05, 3.63) is 39.4 Å². The van der Waals surface area contributed by atoms with Crippen LogP contribution in [0.2, 0.25) is 0 Å². The van der Waals surface area contributed by atoms with E-state index < -0.39 is 0 Å². The molecule has 0 atom stereocenters. The molecule has 2 radical (unpaired) electrons. The molecule has 0 bridgehead atoms. The number of nitrogens with zero attached hydrogens (tertiary/aromatic N) is 7. The van der Waals surface area contributed by atoms with Gasteiger partial charge in [0.1, 0.15) is 0 Å². The number of hydrogen-bond donors (Lipinski definition) is 1. The molecule has 0 amide bonds. The summed E-state index contributed by atoms with van der Waals surface area (Å²) >= 11 is 8.54. The molecule has 0 aromatic rings. The van der Waals surface area contributed by atoms with E-state index in [1.54, 1.807) is 0 Å². The van der Waals surface area contributed by atoms with Gasteiger partial charge in [0, 0.05) is 5.75 Å². The molecule has 0 aliphatic carbocycles. The van der Waals surface area contributed by atoms with E-state index in [9.17, 15) is 0 Å². The van der Waals surface area contributed by atoms with Crippen molar-refractivity contribution in [3.63, 3.8) is 0 Å². The normalized spacial score (nSPS) is 4.81. The van der Waals surface area contributed by atoms with Crippen LogP contribution in [0.3, 0.4) is 0 Å². The van der Waals surface area contributed by atoms with Crippen molar-refractivity contribution in [2.24, 2.45) is 0 Å². The molecule has 116 valence electrons. The summed E-state index contributed by atoms with van der Waals surface area (Å²) in [5.41, 5.74) is 0. The second-order valence-electron chi connectivity index (χ2n) is 2.74. The molecule has 0 aliphatic heterocycles. The summed E-state index contributed by atoms with van der Waals surface area (Å²) in [4.78, 5) is 0. The number of quaternary nitrogens is 1. The third-order valence-corrected chi connectivity index (χ3v) is 0.971. The monoisotopic (exact) mass is 540 g/mol. The van der Waals surface area contributed by atoms with Crippen molar-refractivity contribution >= 4 is 35.3 Å². The fraction of sp³-hybridized carbons (Fsp3) is 0.455. The second-order valence-corrected chi connectivity index (χ2v) is 3.18. The van der Waals surface area contributed by atoms with Crippen molar-refractivity contribution in [2.75, 3.05) is 33.4 Å². The molecule has 7 nitrogen and oxygen atoms in total. The Bertz CT molecular complexity index is 207. The Labute approximate surface area is 155 Å². The van der Waals surface area contributed by atoms with Crippen molar-refractivity contribution in [1.29, 1.82) is 31.6 Å². The predicted octanol–water partition coefficient (Wildman–Crippen LogP) is 0.817. The summed E-state index contributed by atoms with van der Waals surface area (Å²) in [6, 6.07) is 0. The van der Waals surface area contributed by atoms with Gasteiger partial charge in [0.15, 0.2) is 0 Å². The summed E-state index contributed by atoms with van der Waals surface area (Å²) < 4.78 is 1.02. The zero-order chi connectivity index (χ0) is 19.9. The van der Waals surface area contributed by atoms with Gasteiger partial charge >= 0.3 is 34.2 Å². The van der Waals surface area contributed by atoms with Crippen LogP contribution in [0.25, 0.3) is 0 Å². The van der Waals surface area contributed by atoms with Gasteiger partial charge in [-0.1, -0.05) is 0 Å². The zero-order valence-electron chi connectivity index (χ0n) is 11.8. The van der Waals surface area contributed by atoms with Gasteiger partial charge < -0.3 is 75.5 Å². The second kappa shape index (κ2) is 131. The predicted molar refractivity (Wildman–Crippen MR) is 72.3 cm³/mol. The molecule has 0 fully saturated rings. The Morgan fingerprint density at radius 3 is 0.857 bits per heavy atom. The first-order valence-corrected chi connectivity index (χ1v) is 10.8. The van der Waals surface area contributed by atoms with Crippen molar-refractivity contribution in [1.82, 2.24) is 0 Å². The van der Waals surface area contributed by atoms with Crippen LogP contribution in [0, 0.1) is 71.0 Å². The van der Waals surface area contributed by atoms with E-state index in [1.165, 1.54) is 0 Å². The maximum atomic E-state index is 6.25. The van der Waals surface area contributed by atoms with Gasteiger partial charge in [-0.15, -0.1) is 0 Å². The number of thiol groups is 1. The molecule has 0 unspecified atom stereocenters. The maximum absolute atomic E-state index is 6.25. The molecule has 0 aromatic carbocycles. The van der Waals surface area contributed by atoms with Crippen LogP contribution in [-0.4, -0.2) is 60.6 Å². The van der Waals surface area contributed by atoms with Crippen LogP contribution >= 0.6 is 12.6 Å². The Hall–Kier alpha value is -1.31. The summed E-state index contributed by atoms with van der Waals surface area (Å²) in [7, 11) is 6.49. The Balaban J connectivity index is -0.0000000173.